The Bertz CT molecular complexity index is 881. The van der Waals surface area contributed by atoms with E-state index in [0.717, 1.165) is 36.0 Å². The molecule has 0 radical (unpaired) electrons. The lowest BCUT2D eigenvalue weighted by atomic mass is 9.95. The number of carbonyl (C=O) groups excluding carboxylic acids is 1. The van der Waals surface area contributed by atoms with Crippen molar-refractivity contribution >= 4 is 11.7 Å². The maximum Gasteiger partial charge on any atom is 0.410 e. The van der Waals surface area contributed by atoms with Crippen LogP contribution in [0.25, 0.3) is 5.57 Å². The molecule has 0 aliphatic carbocycles. The third-order valence-electron chi connectivity index (χ3n) is 5.39. The molecule has 1 amide bonds. The number of carbonyl (C=O) groups is 1. The van der Waals surface area contributed by atoms with Gasteiger partial charge in [0.2, 0.25) is 11.8 Å². The summed E-state index contributed by atoms with van der Waals surface area (Å²) in [6, 6.07) is 13.7. The van der Waals surface area contributed by atoms with Crippen molar-refractivity contribution in [3.8, 4) is 11.8 Å². The van der Waals surface area contributed by atoms with Gasteiger partial charge in [-0.3, -0.25) is 4.90 Å². The molecule has 28 heavy (non-hydrogen) atoms. The van der Waals surface area contributed by atoms with Crippen LogP contribution < -0.4 is 9.47 Å². The summed E-state index contributed by atoms with van der Waals surface area (Å²) in [6.45, 7) is 0.294. The van der Waals surface area contributed by atoms with Gasteiger partial charge in [0.25, 0.3) is 0 Å². The Kier molecular flexibility index (Phi) is 5.19. The number of methoxy groups -OCH3 is 2. The predicted octanol–water partition coefficient (Wildman–Crippen LogP) is 4.06. The van der Waals surface area contributed by atoms with Gasteiger partial charge in [-0.25, -0.2) is 4.79 Å². The molecule has 2 atom stereocenters. The summed E-state index contributed by atoms with van der Waals surface area (Å²) in [5.41, 5.74) is 3.11. The van der Waals surface area contributed by atoms with Crippen LogP contribution in [-0.2, 0) is 11.3 Å². The number of aromatic nitrogens is 1. The molecule has 3 heterocycles. The summed E-state index contributed by atoms with van der Waals surface area (Å²) in [7, 11) is 3.19. The number of benzene rings is 1. The van der Waals surface area contributed by atoms with Gasteiger partial charge in [0.05, 0.1) is 20.3 Å². The van der Waals surface area contributed by atoms with Gasteiger partial charge in [0.15, 0.2) is 0 Å². The van der Waals surface area contributed by atoms with Gasteiger partial charge in [0.1, 0.15) is 6.61 Å². The Morgan fingerprint density at radius 1 is 1.11 bits per heavy atom. The maximum absolute atomic E-state index is 12.7. The van der Waals surface area contributed by atoms with E-state index in [4.69, 9.17) is 14.2 Å². The largest absolute Gasteiger partial charge is 0.481 e. The molecule has 2 aliphatic heterocycles. The number of pyridine rings is 1. The first-order chi connectivity index (χ1) is 13.7. The second kappa shape index (κ2) is 7.92. The molecular formula is C22H24N2O4. The van der Waals surface area contributed by atoms with E-state index in [2.05, 4.69) is 11.1 Å². The van der Waals surface area contributed by atoms with E-state index in [0.29, 0.717) is 18.4 Å². The highest BCUT2D eigenvalue weighted by atomic mass is 16.6. The van der Waals surface area contributed by atoms with Crippen LogP contribution in [-0.4, -0.2) is 42.3 Å². The van der Waals surface area contributed by atoms with Gasteiger partial charge < -0.3 is 14.2 Å². The van der Waals surface area contributed by atoms with E-state index in [-0.39, 0.29) is 18.2 Å². The molecule has 1 aromatic heterocycles. The minimum Gasteiger partial charge on any atom is -0.481 e. The third-order valence-corrected chi connectivity index (χ3v) is 5.39. The molecule has 146 valence electrons. The van der Waals surface area contributed by atoms with Crippen LogP contribution in [0.4, 0.5) is 4.79 Å². The Balaban J connectivity index is 1.50. The monoisotopic (exact) mass is 380 g/mol. The van der Waals surface area contributed by atoms with Crippen molar-refractivity contribution in [3.05, 3.63) is 59.7 Å². The van der Waals surface area contributed by atoms with Crippen molar-refractivity contribution in [2.45, 2.75) is 38.0 Å². The van der Waals surface area contributed by atoms with Crippen LogP contribution in [0.5, 0.6) is 11.8 Å². The summed E-state index contributed by atoms with van der Waals surface area (Å²) in [5, 5.41) is 0. The Morgan fingerprint density at radius 3 is 2.64 bits per heavy atom. The van der Waals surface area contributed by atoms with Crippen molar-refractivity contribution in [2.75, 3.05) is 14.2 Å². The summed E-state index contributed by atoms with van der Waals surface area (Å²) in [5.74, 6) is 1.07. The second-order valence-electron chi connectivity index (χ2n) is 7.05. The SMILES string of the molecule is COc1ccc(C2=CC3CCC(C2)N3C(=O)OCc2ccccc2)c(OC)n1. The molecule has 2 bridgehead atoms. The molecule has 2 aliphatic rings. The number of hydrogen-bond donors (Lipinski definition) is 0. The Labute approximate surface area is 164 Å². The van der Waals surface area contributed by atoms with Crippen LogP contribution in [0.1, 0.15) is 30.4 Å². The van der Waals surface area contributed by atoms with Gasteiger partial charge in [-0.2, -0.15) is 4.98 Å². The predicted molar refractivity (Wildman–Crippen MR) is 105 cm³/mol. The number of fused-ring (bicyclic) bond motifs is 2. The molecule has 1 fully saturated rings. The smallest absolute Gasteiger partial charge is 0.410 e. The van der Waals surface area contributed by atoms with E-state index in [9.17, 15) is 4.79 Å². The quantitative estimate of drug-likeness (QED) is 0.783. The van der Waals surface area contributed by atoms with Gasteiger partial charge >= 0.3 is 6.09 Å². The third kappa shape index (κ3) is 3.54. The summed E-state index contributed by atoms with van der Waals surface area (Å²) in [4.78, 5) is 19.0. The number of nitrogens with zero attached hydrogens (tertiary/aromatic N) is 2. The van der Waals surface area contributed by atoms with Gasteiger partial charge in [-0.1, -0.05) is 36.4 Å². The van der Waals surface area contributed by atoms with Crippen LogP contribution >= 0.6 is 0 Å². The molecule has 1 aromatic carbocycles. The fourth-order valence-electron chi connectivity index (χ4n) is 4.05. The second-order valence-corrected chi connectivity index (χ2v) is 7.05. The van der Waals surface area contributed by atoms with E-state index < -0.39 is 0 Å². The standard InChI is InChI=1S/C22H24N2O4/c1-26-20-11-10-19(21(23-20)27-2)16-12-17-8-9-18(13-16)24(17)22(25)28-14-15-6-4-3-5-7-15/h3-7,10-12,17-18H,8-9,13-14H2,1-2H3. The van der Waals surface area contributed by atoms with Crippen LogP contribution in [0.15, 0.2) is 48.5 Å². The lowest BCUT2D eigenvalue weighted by molar-refractivity contribution is 0.0832. The van der Waals surface area contributed by atoms with Crippen molar-refractivity contribution in [1.82, 2.24) is 9.88 Å². The van der Waals surface area contributed by atoms with Crippen LogP contribution in [0.3, 0.4) is 0 Å². The zero-order valence-corrected chi connectivity index (χ0v) is 16.1. The number of hydrogen-bond acceptors (Lipinski definition) is 5. The molecule has 4 rings (SSSR count). The Morgan fingerprint density at radius 2 is 1.93 bits per heavy atom. The molecule has 1 saturated heterocycles. The first-order valence-corrected chi connectivity index (χ1v) is 9.48. The molecule has 0 saturated carbocycles. The average molecular weight is 380 g/mol. The zero-order valence-electron chi connectivity index (χ0n) is 16.1. The zero-order chi connectivity index (χ0) is 19.5. The maximum atomic E-state index is 12.7. The molecule has 2 aromatic rings. The normalized spacial score (nSPS) is 20.5. The Hall–Kier alpha value is -3.02. The lowest BCUT2D eigenvalue weighted by Crippen LogP contribution is -2.43. The lowest BCUT2D eigenvalue weighted by Gasteiger charge is -2.33. The molecular weight excluding hydrogens is 356 g/mol. The number of amides is 1. The topological polar surface area (TPSA) is 60.9 Å². The summed E-state index contributed by atoms with van der Waals surface area (Å²) < 4.78 is 16.2. The number of rotatable bonds is 5. The van der Waals surface area contributed by atoms with E-state index in [1.165, 1.54) is 0 Å². The molecule has 6 nitrogen and oxygen atoms in total. The molecule has 6 heteroatoms. The fourth-order valence-corrected chi connectivity index (χ4v) is 4.05. The fraction of sp³-hybridized carbons (Fsp3) is 0.364. The molecule has 2 unspecified atom stereocenters. The highest BCUT2D eigenvalue weighted by Crippen LogP contribution is 2.41. The van der Waals surface area contributed by atoms with E-state index >= 15 is 0 Å². The minimum atomic E-state index is -0.244. The van der Waals surface area contributed by atoms with E-state index in [1.807, 2.05) is 47.4 Å². The molecule has 0 spiro atoms. The minimum absolute atomic E-state index is 0.0452. The van der Waals surface area contributed by atoms with Crippen molar-refractivity contribution < 1.29 is 19.0 Å². The summed E-state index contributed by atoms with van der Waals surface area (Å²) >= 11 is 0. The summed E-state index contributed by atoms with van der Waals surface area (Å²) in [6.07, 6.45) is 4.59. The van der Waals surface area contributed by atoms with Crippen molar-refractivity contribution in [3.63, 3.8) is 0 Å². The van der Waals surface area contributed by atoms with Crippen LogP contribution in [0, 0.1) is 0 Å². The number of ether oxygens (including phenoxy) is 3. The highest BCUT2D eigenvalue weighted by molar-refractivity contribution is 5.76. The first kappa shape index (κ1) is 18.3. The van der Waals surface area contributed by atoms with Crippen molar-refractivity contribution in [1.29, 1.82) is 0 Å². The molecule has 0 N–H and O–H groups in total. The van der Waals surface area contributed by atoms with Gasteiger partial charge in [0, 0.05) is 17.7 Å². The van der Waals surface area contributed by atoms with Gasteiger partial charge in [-0.05, 0) is 36.5 Å². The average Bonchev–Trinajstić information content (AvgIpc) is 3.01. The highest BCUT2D eigenvalue weighted by Gasteiger charge is 2.41. The van der Waals surface area contributed by atoms with Crippen molar-refractivity contribution in [2.24, 2.45) is 0 Å². The first-order valence-electron chi connectivity index (χ1n) is 9.48. The van der Waals surface area contributed by atoms with Gasteiger partial charge in [-0.15, -0.1) is 0 Å². The van der Waals surface area contributed by atoms with E-state index in [1.54, 1.807) is 14.2 Å². The van der Waals surface area contributed by atoms with Crippen LogP contribution in [0.2, 0.25) is 0 Å².